The molecular formula is C24H26FNO5. The van der Waals surface area contributed by atoms with Crippen LogP contribution < -0.4 is 0 Å². The van der Waals surface area contributed by atoms with E-state index in [4.69, 9.17) is 9.57 Å². The molecule has 1 saturated heterocycles. The van der Waals surface area contributed by atoms with Crippen LogP contribution in [0.25, 0.3) is 0 Å². The van der Waals surface area contributed by atoms with Gasteiger partial charge in [0, 0.05) is 24.6 Å². The van der Waals surface area contributed by atoms with E-state index < -0.39 is 23.7 Å². The molecule has 2 aromatic rings. The zero-order valence-corrected chi connectivity index (χ0v) is 17.3. The van der Waals surface area contributed by atoms with Crippen molar-refractivity contribution in [1.29, 1.82) is 0 Å². The van der Waals surface area contributed by atoms with Crippen LogP contribution in [0.5, 0.6) is 0 Å². The Morgan fingerprint density at radius 1 is 0.903 bits per heavy atom. The number of halogens is 1. The molecular weight excluding hydrogens is 401 g/mol. The van der Waals surface area contributed by atoms with Gasteiger partial charge in [0.05, 0.1) is 6.61 Å². The molecule has 1 aliphatic heterocycles. The van der Waals surface area contributed by atoms with Crippen molar-refractivity contribution in [3.63, 3.8) is 0 Å². The van der Waals surface area contributed by atoms with Gasteiger partial charge in [0.25, 0.3) is 0 Å². The molecule has 2 aromatic carbocycles. The van der Waals surface area contributed by atoms with E-state index in [0.29, 0.717) is 31.5 Å². The third-order valence-electron chi connectivity index (χ3n) is 5.21. The van der Waals surface area contributed by atoms with Gasteiger partial charge < -0.3 is 9.57 Å². The highest BCUT2D eigenvalue weighted by atomic mass is 19.1. The van der Waals surface area contributed by atoms with Gasteiger partial charge in [0.15, 0.2) is 5.78 Å². The van der Waals surface area contributed by atoms with Crippen LogP contribution in [0.4, 0.5) is 4.39 Å². The smallest absolute Gasteiger partial charge is 0.436 e. The number of carbonyl (C=O) groups is 3. The first kappa shape index (κ1) is 22.6. The fourth-order valence-electron chi connectivity index (χ4n) is 3.57. The van der Waals surface area contributed by atoms with E-state index in [1.807, 2.05) is 30.3 Å². The minimum Gasteiger partial charge on any atom is -0.457 e. The van der Waals surface area contributed by atoms with Crippen LogP contribution in [0.3, 0.4) is 0 Å². The number of hydrogen-bond donors (Lipinski definition) is 0. The maximum Gasteiger partial charge on any atom is 0.436 e. The standard InChI is InChI=1S/C24H26FNO5/c25-20-13-11-19(12-14-20)22(27)21(18-8-3-1-4-9-18)10-7-17-30-23(28)24(29)31-26-15-5-2-6-16-26/h1,3-4,8-9,11-14,21H,2,5-7,10,15-17H2. The Balaban J connectivity index is 1.53. The summed E-state index contributed by atoms with van der Waals surface area (Å²) >= 11 is 0. The summed E-state index contributed by atoms with van der Waals surface area (Å²) in [7, 11) is 0. The van der Waals surface area contributed by atoms with Gasteiger partial charge in [-0.15, -0.1) is 5.06 Å². The second-order valence-corrected chi connectivity index (χ2v) is 7.48. The number of nitrogens with zero attached hydrogens (tertiary/aromatic N) is 1. The molecule has 31 heavy (non-hydrogen) atoms. The first-order valence-electron chi connectivity index (χ1n) is 10.5. The molecule has 1 heterocycles. The quantitative estimate of drug-likeness (QED) is 0.274. The predicted octanol–water partition coefficient (Wildman–Crippen LogP) is 4.06. The molecule has 0 saturated carbocycles. The summed E-state index contributed by atoms with van der Waals surface area (Å²) in [4.78, 5) is 41.8. The van der Waals surface area contributed by atoms with Gasteiger partial charge in [-0.1, -0.05) is 36.8 Å². The number of Topliss-reactive ketones (excluding diaryl/α,β-unsaturated/α-hetero) is 1. The molecule has 0 N–H and O–H groups in total. The second-order valence-electron chi connectivity index (χ2n) is 7.48. The van der Waals surface area contributed by atoms with Crippen LogP contribution in [0, 0.1) is 5.82 Å². The zero-order chi connectivity index (χ0) is 22.1. The second kappa shape index (κ2) is 11.4. The Kier molecular flexibility index (Phi) is 8.29. The van der Waals surface area contributed by atoms with E-state index in [1.54, 1.807) is 0 Å². The van der Waals surface area contributed by atoms with Crippen molar-refractivity contribution in [2.45, 2.75) is 38.0 Å². The molecule has 164 valence electrons. The summed E-state index contributed by atoms with van der Waals surface area (Å²) in [5, 5.41) is 1.49. The third-order valence-corrected chi connectivity index (χ3v) is 5.21. The molecule has 0 bridgehead atoms. The Bertz CT molecular complexity index is 879. The maximum atomic E-state index is 13.2. The van der Waals surface area contributed by atoms with E-state index in [-0.39, 0.29) is 12.4 Å². The normalized spacial score (nSPS) is 15.1. The fourth-order valence-corrected chi connectivity index (χ4v) is 3.57. The van der Waals surface area contributed by atoms with Gasteiger partial charge in [-0.2, -0.15) is 0 Å². The van der Waals surface area contributed by atoms with Crippen molar-refractivity contribution in [1.82, 2.24) is 5.06 Å². The summed E-state index contributed by atoms with van der Waals surface area (Å²) in [6.07, 6.45) is 3.72. The number of rotatable bonds is 8. The first-order valence-corrected chi connectivity index (χ1v) is 10.5. The molecule has 0 radical (unpaired) electrons. The third kappa shape index (κ3) is 6.72. The summed E-state index contributed by atoms with van der Waals surface area (Å²) in [5.41, 5.74) is 1.24. The van der Waals surface area contributed by atoms with Crippen molar-refractivity contribution in [2.24, 2.45) is 0 Å². The number of esters is 1. The SMILES string of the molecule is O=C(OCCCC(C(=O)c1ccc(F)cc1)c1ccccc1)C(=O)ON1CCCCC1. The number of benzene rings is 2. The average Bonchev–Trinajstić information content (AvgIpc) is 2.80. The lowest BCUT2D eigenvalue weighted by Crippen LogP contribution is -2.35. The Hall–Kier alpha value is -3.06. The van der Waals surface area contributed by atoms with E-state index in [1.165, 1.54) is 29.3 Å². The van der Waals surface area contributed by atoms with Crippen molar-refractivity contribution in [3.8, 4) is 0 Å². The lowest BCUT2D eigenvalue weighted by atomic mass is 9.87. The fraction of sp³-hybridized carbons (Fsp3) is 0.375. The van der Waals surface area contributed by atoms with Gasteiger partial charge in [0.2, 0.25) is 0 Å². The molecule has 6 nitrogen and oxygen atoms in total. The molecule has 0 aromatic heterocycles. The monoisotopic (exact) mass is 427 g/mol. The molecule has 1 unspecified atom stereocenters. The molecule has 7 heteroatoms. The number of ketones is 1. The Labute approximate surface area is 180 Å². The van der Waals surface area contributed by atoms with E-state index in [9.17, 15) is 18.8 Å². The molecule has 1 aliphatic rings. The number of piperidine rings is 1. The van der Waals surface area contributed by atoms with Crippen molar-refractivity contribution < 1.29 is 28.3 Å². The zero-order valence-electron chi connectivity index (χ0n) is 17.3. The summed E-state index contributed by atoms with van der Waals surface area (Å²) < 4.78 is 18.2. The highest BCUT2D eigenvalue weighted by Crippen LogP contribution is 2.26. The van der Waals surface area contributed by atoms with Crippen LogP contribution in [-0.4, -0.2) is 42.5 Å². The van der Waals surface area contributed by atoms with Crippen molar-refractivity contribution in [2.75, 3.05) is 19.7 Å². The van der Waals surface area contributed by atoms with Crippen LogP contribution >= 0.6 is 0 Å². The van der Waals surface area contributed by atoms with Gasteiger partial charge in [-0.05, 0) is 55.5 Å². The minimum absolute atomic E-state index is 0.00599. The molecule has 0 spiro atoms. The molecule has 3 rings (SSSR count). The molecule has 0 amide bonds. The summed E-state index contributed by atoms with van der Waals surface area (Å²) in [6.45, 7) is 1.22. The number of carbonyl (C=O) groups excluding carboxylic acids is 3. The van der Waals surface area contributed by atoms with E-state index in [2.05, 4.69) is 0 Å². The topological polar surface area (TPSA) is 72.9 Å². The predicted molar refractivity (Wildman–Crippen MR) is 112 cm³/mol. The maximum absolute atomic E-state index is 13.2. The lowest BCUT2D eigenvalue weighted by Gasteiger charge is -2.24. The highest BCUT2D eigenvalue weighted by Gasteiger charge is 2.24. The van der Waals surface area contributed by atoms with Crippen LogP contribution in [0.1, 0.15) is 53.9 Å². The molecule has 0 aliphatic carbocycles. The average molecular weight is 427 g/mol. The van der Waals surface area contributed by atoms with Gasteiger partial charge in [0.1, 0.15) is 5.82 Å². The summed E-state index contributed by atoms with van der Waals surface area (Å²) in [5.74, 6) is -3.07. The highest BCUT2D eigenvalue weighted by molar-refractivity contribution is 6.29. The lowest BCUT2D eigenvalue weighted by molar-refractivity contribution is -0.202. The summed E-state index contributed by atoms with van der Waals surface area (Å²) in [6, 6.07) is 14.7. The van der Waals surface area contributed by atoms with Crippen LogP contribution in [0.15, 0.2) is 54.6 Å². The Morgan fingerprint density at radius 2 is 1.58 bits per heavy atom. The van der Waals surface area contributed by atoms with E-state index in [0.717, 1.165) is 24.8 Å². The van der Waals surface area contributed by atoms with Crippen molar-refractivity contribution in [3.05, 3.63) is 71.5 Å². The van der Waals surface area contributed by atoms with Crippen LogP contribution in [-0.2, 0) is 19.2 Å². The Morgan fingerprint density at radius 3 is 2.26 bits per heavy atom. The van der Waals surface area contributed by atoms with Gasteiger partial charge >= 0.3 is 11.9 Å². The largest absolute Gasteiger partial charge is 0.457 e. The van der Waals surface area contributed by atoms with Crippen LogP contribution in [0.2, 0.25) is 0 Å². The van der Waals surface area contributed by atoms with Gasteiger partial charge in [-0.3, -0.25) is 4.79 Å². The van der Waals surface area contributed by atoms with Gasteiger partial charge in [-0.25, -0.2) is 14.0 Å². The number of ether oxygens (including phenoxy) is 1. The van der Waals surface area contributed by atoms with E-state index >= 15 is 0 Å². The molecule has 1 fully saturated rings. The molecule has 1 atom stereocenters. The number of hydroxylamine groups is 2. The first-order chi connectivity index (χ1) is 15.0. The minimum atomic E-state index is -1.04. The van der Waals surface area contributed by atoms with Crippen molar-refractivity contribution >= 4 is 17.7 Å². The number of hydrogen-bond acceptors (Lipinski definition) is 6.